The van der Waals surface area contributed by atoms with Gasteiger partial charge in [0.1, 0.15) is 0 Å². The van der Waals surface area contributed by atoms with Gasteiger partial charge < -0.3 is 0 Å². The van der Waals surface area contributed by atoms with Gasteiger partial charge in [0.05, 0.1) is 5.75 Å². The predicted octanol–water partition coefficient (Wildman–Crippen LogP) is 3.40. The summed E-state index contributed by atoms with van der Waals surface area (Å²) in [5, 5.41) is 0. The lowest BCUT2D eigenvalue weighted by molar-refractivity contribution is 0.102. The van der Waals surface area contributed by atoms with Crippen LogP contribution in [0.2, 0.25) is 0 Å². The molecule has 110 valence electrons. The van der Waals surface area contributed by atoms with E-state index in [1.165, 1.54) is 6.07 Å². The maximum atomic E-state index is 13.1. The van der Waals surface area contributed by atoms with Crippen LogP contribution in [0, 0.1) is 18.6 Å². The van der Waals surface area contributed by atoms with Gasteiger partial charge in [-0.1, -0.05) is 24.3 Å². The fraction of sp³-hybridized carbons (Fsp3) is 0.188. The summed E-state index contributed by atoms with van der Waals surface area (Å²) in [7, 11) is -1.39. The molecule has 2 rings (SSSR count). The number of benzene rings is 2. The lowest BCUT2D eigenvalue weighted by Crippen LogP contribution is -2.13. The zero-order valence-electron chi connectivity index (χ0n) is 11.4. The van der Waals surface area contributed by atoms with Gasteiger partial charge in [0, 0.05) is 22.1 Å². The normalized spacial score (nSPS) is 12.1. The van der Waals surface area contributed by atoms with Crippen LogP contribution in [0.4, 0.5) is 8.78 Å². The first-order valence-electron chi connectivity index (χ1n) is 6.35. The summed E-state index contributed by atoms with van der Waals surface area (Å²) in [5.74, 6) is -2.49. The molecule has 0 aliphatic rings. The number of hydrogen-bond donors (Lipinski definition) is 0. The van der Waals surface area contributed by atoms with Crippen LogP contribution in [-0.2, 0) is 16.6 Å². The number of carbonyl (C=O) groups is 1. The van der Waals surface area contributed by atoms with Crippen molar-refractivity contribution in [2.24, 2.45) is 0 Å². The lowest BCUT2D eigenvalue weighted by atomic mass is 10.1. The van der Waals surface area contributed by atoms with E-state index in [1.54, 1.807) is 0 Å². The van der Waals surface area contributed by atoms with E-state index in [0.29, 0.717) is 0 Å². The Hall–Kier alpha value is -1.88. The third-order valence-electron chi connectivity index (χ3n) is 3.11. The van der Waals surface area contributed by atoms with E-state index in [-0.39, 0.29) is 17.1 Å². The van der Waals surface area contributed by atoms with Gasteiger partial charge in [0.25, 0.3) is 0 Å². The van der Waals surface area contributed by atoms with Crippen molar-refractivity contribution in [1.82, 2.24) is 0 Å². The van der Waals surface area contributed by atoms with Crippen molar-refractivity contribution >= 4 is 16.6 Å². The number of rotatable bonds is 5. The summed E-state index contributed by atoms with van der Waals surface area (Å²) in [6.45, 7) is 1.91. The van der Waals surface area contributed by atoms with Crippen LogP contribution >= 0.6 is 0 Å². The Balaban J connectivity index is 2.04. The van der Waals surface area contributed by atoms with Gasteiger partial charge >= 0.3 is 0 Å². The monoisotopic (exact) mass is 308 g/mol. The second-order valence-electron chi connectivity index (χ2n) is 4.71. The molecule has 0 fully saturated rings. The predicted molar refractivity (Wildman–Crippen MR) is 78.6 cm³/mol. The zero-order chi connectivity index (χ0) is 15.4. The molecule has 1 atom stereocenters. The molecule has 0 aromatic heterocycles. The van der Waals surface area contributed by atoms with Gasteiger partial charge in [-0.3, -0.25) is 9.00 Å². The number of carbonyl (C=O) groups excluding carboxylic acids is 1. The molecule has 0 saturated heterocycles. The molecule has 0 saturated carbocycles. The molecule has 0 heterocycles. The van der Waals surface area contributed by atoms with Gasteiger partial charge in [-0.05, 0) is 36.2 Å². The van der Waals surface area contributed by atoms with E-state index < -0.39 is 28.2 Å². The van der Waals surface area contributed by atoms with E-state index in [9.17, 15) is 17.8 Å². The minimum atomic E-state index is -1.39. The maximum Gasteiger partial charge on any atom is 0.175 e. The SMILES string of the molecule is Cc1ccccc1CS(=O)CC(=O)c1ccc(F)c(F)c1. The van der Waals surface area contributed by atoms with E-state index in [4.69, 9.17) is 0 Å². The Bertz CT molecular complexity index is 698. The largest absolute Gasteiger partial charge is 0.293 e. The molecule has 0 aliphatic carbocycles. The maximum absolute atomic E-state index is 13.1. The van der Waals surface area contributed by atoms with Gasteiger partial charge in [-0.25, -0.2) is 8.78 Å². The van der Waals surface area contributed by atoms with Gasteiger partial charge in [0.15, 0.2) is 17.4 Å². The van der Waals surface area contributed by atoms with Gasteiger partial charge in [-0.2, -0.15) is 0 Å². The minimum absolute atomic E-state index is 0.0343. The molecule has 0 spiro atoms. The molecule has 0 bridgehead atoms. The molecule has 0 aliphatic heterocycles. The number of hydrogen-bond acceptors (Lipinski definition) is 2. The van der Waals surface area contributed by atoms with Gasteiger partial charge in [0.2, 0.25) is 0 Å². The topological polar surface area (TPSA) is 34.1 Å². The molecule has 2 nitrogen and oxygen atoms in total. The summed E-state index contributed by atoms with van der Waals surface area (Å²) < 4.78 is 37.9. The highest BCUT2D eigenvalue weighted by molar-refractivity contribution is 7.85. The van der Waals surface area contributed by atoms with Crippen molar-refractivity contribution in [2.75, 3.05) is 5.75 Å². The van der Waals surface area contributed by atoms with Crippen LogP contribution < -0.4 is 0 Å². The van der Waals surface area contributed by atoms with Crippen molar-refractivity contribution in [3.05, 3.63) is 70.8 Å². The first kappa shape index (κ1) is 15.5. The smallest absolute Gasteiger partial charge is 0.175 e. The summed E-state index contributed by atoms with van der Waals surface area (Å²) in [5.41, 5.74) is 1.95. The van der Waals surface area contributed by atoms with E-state index in [2.05, 4.69) is 0 Å². The Morgan fingerprint density at radius 1 is 1.10 bits per heavy atom. The average Bonchev–Trinajstić information content (AvgIpc) is 2.44. The van der Waals surface area contributed by atoms with Gasteiger partial charge in [-0.15, -0.1) is 0 Å². The van der Waals surface area contributed by atoms with E-state index >= 15 is 0 Å². The highest BCUT2D eigenvalue weighted by Gasteiger charge is 2.14. The zero-order valence-corrected chi connectivity index (χ0v) is 12.3. The Labute approximate surface area is 124 Å². The van der Waals surface area contributed by atoms with Crippen LogP contribution in [0.15, 0.2) is 42.5 Å². The Morgan fingerprint density at radius 2 is 1.81 bits per heavy atom. The first-order chi connectivity index (χ1) is 9.97. The van der Waals surface area contributed by atoms with Crippen LogP contribution in [0.1, 0.15) is 21.5 Å². The quantitative estimate of drug-likeness (QED) is 0.793. The third-order valence-corrected chi connectivity index (χ3v) is 4.33. The standard InChI is InChI=1S/C16H14F2O2S/c1-11-4-2-3-5-13(11)9-21(20)10-16(19)12-6-7-14(17)15(18)8-12/h2-8H,9-10H2,1H3. The number of aryl methyl sites for hydroxylation is 1. The summed E-state index contributed by atoms with van der Waals surface area (Å²) in [4.78, 5) is 11.9. The Kier molecular flexibility index (Phi) is 4.96. The molecule has 21 heavy (non-hydrogen) atoms. The molecule has 2 aromatic carbocycles. The molecule has 1 unspecified atom stereocenters. The average molecular weight is 308 g/mol. The van der Waals surface area contributed by atoms with Crippen LogP contribution in [0.5, 0.6) is 0 Å². The molecular weight excluding hydrogens is 294 g/mol. The number of Topliss-reactive ketones (excluding diaryl/α,β-unsaturated/α-hetero) is 1. The molecule has 0 radical (unpaired) electrons. The second-order valence-corrected chi connectivity index (χ2v) is 6.16. The Morgan fingerprint density at radius 3 is 2.48 bits per heavy atom. The van der Waals surface area contributed by atoms with Crippen molar-refractivity contribution in [3.8, 4) is 0 Å². The molecule has 0 N–H and O–H groups in total. The van der Waals surface area contributed by atoms with Crippen LogP contribution in [0.3, 0.4) is 0 Å². The van der Waals surface area contributed by atoms with Crippen molar-refractivity contribution in [3.63, 3.8) is 0 Å². The highest BCUT2D eigenvalue weighted by atomic mass is 32.2. The molecule has 0 amide bonds. The third kappa shape index (κ3) is 4.04. The molecule has 2 aromatic rings. The summed E-state index contributed by atoms with van der Waals surface area (Å²) >= 11 is 0. The summed E-state index contributed by atoms with van der Waals surface area (Å²) in [6, 6.07) is 10.4. The van der Waals surface area contributed by atoms with E-state index in [1.807, 2.05) is 31.2 Å². The second kappa shape index (κ2) is 6.72. The molecule has 5 heteroatoms. The fourth-order valence-electron chi connectivity index (χ4n) is 1.90. The van der Waals surface area contributed by atoms with Crippen molar-refractivity contribution < 1.29 is 17.8 Å². The fourth-order valence-corrected chi connectivity index (χ4v) is 3.13. The van der Waals surface area contributed by atoms with Crippen molar-refractivity contribution in [1.29, 1.82) is 0 Å². The molecular formula is C16H14F2O2S. The highest BCUT2D eigenvalue weighted by Crippen LogP contribution is 2.13. The first-order valence-corrected chi connectivity index (χ1v) is 7.84. The minimum Gasteiger partial charge on any atom is -0.293 e. The number of ketones is 1. The number of halogens is 2. The van der Waals surface area contributed by atoms with Crippen LogP contribution in [-0.4, -0.2) is 15.7 Å². The summed E-state index contributed by atoms with van der Waals surface area (Å²) in [6.07, 6.45) is 0. The lowest BCUT2D eigenvalue weighted by Gasteiger charge is -2.06. The van der Waals surface area contributed by atoms with E-state index in [0.717, 1.165) is 23.3 Å². The van der Waals surface area contributed by atoms with Crippen LogP contribution in [0.25, 0.3) is 0 Å². The van der Waals surface area contributed by atoms with Crippen molar-refractivity contribution in [2.45, 2.75) is 12.7 Å².